The lowest BCUT2D eigenvalue weighted by Gasteiger charge is -2.07. The summed E-state index contributed by atoms with van der Waals surface area (Å²) in [7, 11) is 0. The van der Waals surface area contributed by atoms with Gasteiger partial charge in [0.15, 0.2) is 16.8 Å². The molecule has 0 bridgehead atoms. The molecule has 1 aliphatic rings. The summed E-state index contributed by atoms with van der Waals surface area (Å²) in [6.45, 7) is 0.593. The van der Waals surface area contributed by atoms with Gasteiger partial charge in [-0.25, -0.2) is 13.8 Å². The van der Waals surface area contributed by atoms with Gasteiger partial charge in [-0.3, -0.25) is 10.1 Å². The van der Waals surface area contributed by atoms with Gasteiger partial charge >= 0.3 is 0 Å². The maximum absolute atomic E-state index is 13.2. The van der Waals surface area contributed by atoms with Crippen LogP contribution in [0.15, 0.2) is 23.6 Å². The number of thiazole rings is 1. The lowest BCUT2D eigenvalue weighted by molar-refractivity contribution is -0.124. The molecule has 1 saturated heterocycles. The Hall–Kier alpha value is -1.86. The molecule has 1 unspecified atom stereocenters. The quantitative estimate of drug-likeness (QED) is 0.947. The molecule has 7 heteroatoms. The molecule has 1 amide bonds. The van der Waals surface area contributed by atoms with Crippen LogP contribution in [0.25, 0.3) is 11.3 Å². The molecule has 2 heterocycles. The molecular weight excluding hydrogens is 298 g/mol. The van der Waals surface area contributed by atoms with Crippen molar-refractivity contribution in [3.8, 4) is 11.3 Å². The second-order valence-corrected chi connectivity index (χ2v) is 5.52. The van der Waals surface area contributed by atoms with E-state index in [2.05, 4.69) is 10.3 Å². The average Bonchev–Trinajstić information content (AvgIpc) is 3.12. The summed E-state index contributed by atoms with van der Waals surface area (Å²) < 4.78 is 31.4. The maximum Gasteiger partial charge on any atom is 0.255 e. The fourth-order valence-corrected chi connectivity index (χ4v) is 2.81. The number of aromatic nitrogens is 1. The molecular formula is C14H12F2N2O2S. The molecule has 0 saturated carbocycles. The third kappa shape index (κ3) is 3.08. The van der Waals surface area contributed by atoms with Gasteiger partial charge in [-0.2, -0.15) is 0 Å². The van der Waals surface area contributed by atoms with Gasteiger partial charge in [0, 0.05) is 17.6 Å². The maximum atomic E-state index is 13.2. The molecule has 3 rings (SSSR count). The number of hydrogen-bond acceptors (Lipinski definition) is 4. The summed E-state index contributed by atoms with van der Waals surface area (Å²) in [6, 6.07) is 3.57. The predicted octanol–water partition coefficient (Wildman–Crippen LogP) is 3.21. The van der Waals surface area contributed by atoms with Crippen LogP contribution in [-0.2, 0) is 9.53 Å². The van der Waals surface area contributed by atoms with Crippen molar-refractivity contribution in [3.05, 3.63) is 35.2 Å². The van der Waals surface area contributed by atoms with Crippen LogP contribution in [0.4, 0.5) is 13.9 Å². The number of nitrogens with zero attached hydrogens (tertiary/aromatic N) is 1. The summed E-state index contributed by atoms with van der Waals surface area (Å²) in [4.78, 5) is 16.1. The van der Waals surface area contributed by atoms with Crippen LogP contribution in [0.3, 0.4) is 0 Å². The Balaban J connectivity index is 1.73. The van der Waals surface area contributed by atoms with Gasteiger partial charge in [0.25, 0.3) is 5.91 Å². The Bertz CT molecular complexity index is 669. The molecule has 2 aromatic rings. The third-order valence-electron chi connectivity index (χ3n) is 3.17. The van der Waals surface area contributed by atoms with E-state index in [0.717, 1.165) is 18.6 Å². The molecule has 0 aliphatic carbocycles. The SMILES string of the molecule is O=C(Nc1nc(-c2ccc(F)c(F)c2)cs1)C1CCCO1. The number of rotatable bonds is 3. The highest BCUT2D eigenvalue weighted by molar-refractivity contribution is 7.14. The molecule has 1 N–H and O–H groups in total. The van der Waals surface area contributed by atoms with Gasteiger partial charge in [-0.15, -0.1) is 11.3 Å². The summed E-state index contributed by atoms with van der Waals surface area (Å²) in [6.07, 6.45) is 1.14. The van der Waals surface area contributed by atoms with Crippen LogP contribution in [-0.4, -0.2) is 23.6 Å². The first-order valence-electron chi connectivity index (χ1n) is 6.47. The van der Waals surface area contributed by atoms with E-state index in [1.54, 1.807) is 5.38 Å². The Kier molecular flexibility index (Phi) is 3.94. The second kappa shape index (κ2) is 5.87. The Morgan fingerprint density at radius 3 is 2.95 bits per heavy atom. The summed E-state index contributed by atoms with van der Waals surface area (Å²) >= 11 is 1.23. The largest absolute Gasteiger partial charge is 0.368 e. The highest BCUT2D eigenvalue weighted by Crippen LogP contribution is 2.26. The first-order chi connectivity index (χ1) is 10.1. The fraction of sp³-hybridized carbons (Fsp3) is 0.286. The Morgan fingerprint density at radius 1 is 1.38 bits per heavy atom. The van der Waals surface area contributed by atoms with Crippen molar-refractivity contribution < 1.29 is 18.3 Å². The molecule has 1 atom stereocenters. The Morgan fingerprint density at radius 2 is 2.24 bits per heavy atom. The first-order valence-corrected chi connectivity index (χ1v) is 7.35. The molecule has 1 aromatic carbocycles. The zero-order chi connectivity index (χ0) is 14.8. The highest BCUT2D eigenvalue weighted by Gasteiger charge is 2.24. The Labute approximate surface area is 123 Å². The highest BCUT2D eigenvalue weighted by atomic mass is 32.1. The lowest BCUT2D eigenvalue weighted by atomic mass is 10.2. The molecule has 1 aliphatic heterocycles. The first kappa shape index (κ1) is 14.1. The minimum atomic E-state index is -0.926. The average molecular weight is 310 g/mol. The second-order valence-electron chi connectivity index (χ2n) is 4.66. The number of halogens is 2. The van der Waals surface area contributed by atoms with E-state index in [9.17, 15) is 13.6 Å². The third-order valence-corrected chi connectivity index (χ3v) is 3.93. The van der Waals surface area contributed by atoms with Gasteiger partial charge < -0.3 is 4.74 Å². The van der Waals surface area contributed by atoms with Crippen molar-refractivity contribution >= 4 is 22.4 Å². The van der Waals surface area contributed by atoms with E-state index in [-0.39, 0.29) is 5.91 Å². The molecule has 4 nitrogen and oxygen atoms in total. The van der Waals surface area contributed by atoms with Crippen molar-refractivity contribution in [3.63, 3.8) is 0 Å². The van der Waals surface area contributed by atoms with Gasteiger partial charge in [0.05, 0.1) is 5.69 Å². The molecule has 0 spiro atoms. The molecule has 110 valence electrons. The lowest BCUT2D eigenvalue weighted by Crippen LogP contribution is -2.26. The summed E-state index contributed by atoms with van der Waals surface area (Å²) in [5, 5.41) is 4.77. The number of anilines is 1. The predicted molar refractivity (Wildman–Crippen MR) is 75.1 cm³/mol. The summed E-state index contributed by atoms with van der Waals surface area (Å²) in [5.41, 5.74) is 0.948. The van der Waals surface area contributed by atoms with Crippen LogP contribution in [0.1, 0.15) is 12.8 Å². The minimum absolute atomic E-state index is 0.223. The molecule has 1 fully saturated rings. The van der Waals surface area contributed by atoms with Crippen LogP contribution in [0, 0.1) is 11.6 Å². The van der Waals surface area contributed by atoms with Crippen LogP contribution in [0.2, 0.25) is 0 Å². The molecule has 1 aromatic heterocycles. The number of nitrogens with one attached hydrogen (secondary N) is 1. The minimum Gasteiger partial charge on any atom is -0.368 e. The van der Waals surface area contributed by atoms with E-state index in [1.807, 2.05) is 0 Å². The van der Waals surface area contributed by atoms with Gasteiger partial charge in [0.2, 0.25) is 0 Å². The van der Waals surface area contributed by atoms with Crippen molar-refractivity contribution in [2.24, 2.45) is 0 Å². The van der Waals surface area contributed by atoms with Crippen molar-refractivity contribution in [2.45, 2.75) is 18.9 Å². The van der Waals surface area contributed by atoms with E-state index in [4.69, 9.17) is 4.74 Å². The van der Waals surface area contributed by atoms with Crippen molar-refractivity contribution in [2.75, 3.05) is 11.9 Å². The van der Waals surface area contributed by atoms with E-state index in [1.165, 1.54) is 17.4 Å². The number of benzene rings is 1. The number of hydrogen-bond donors (Lipinski definition) is 1. The van der Waals surface area contributed by atoms with Crippen LogP contribution in [0.5, 0.6) is 0 Å². The van der Waals surface area contributed by atoms with E-state index in [0.29, 0.717) is 29.4 Å². The number of carbonyl (C=O) groups is 1. The van der Waals surface area contributed by atoms with Crippen molar-refractivity contribution in [1.82, 2.24) is 4.98 Å². The van der Waals surface area contributed by atoms with Crippen LogP contribution >= 0.6 is 11.3 Å². The number of carbonyl (C=O) groups excluding carboxylic acids is 1. The topological polar surface area (TPSA) is 51.2 Å². The normalized spacial score (nSPS) is 17.9. The number of ether oxygens (including phenoxy) is 1. The van der Waals surface area contributed by atoms with Crippen molar-refractivity contribution in [1.29, 1.82) is 0 Å². The fourth-order valence-electron chi connectivity index (χ4n) is 2.09. The summed E-state index contributed by atoms with van der Waals surface area (Å²) in [5.74, 6) is -2.05. The molecule has 0 radical (unpaired) electrons. The van der Waals surface area contributed by atoms with Gasteiger partial charge in [-0.1, -0.05) is 0 Å². The van der Waals surface area contributed by atoms with Crippen LogP contribution < -0.4 is 5.32 Å². The standard InChI is InChI=1S/C14H12F2N2O2S/c15-9-4-3-8(6-10(9)16)11-7-21-14(17-11)18-13(19)12-2-1-5-20-12/h3-4,6-7,12H,1-2,5H2,(H,17,18,19). The zero-order valence-electron chi connectivity index (χ0n) is 10.9. The van der Waals surface area contributed by atoms with E-state index < -0.39 is 17.7 Å². The zero-order valence-corrected chi connectivity index (χ0v) is 11.8. The smallest absolute Gasteiger partial charge is 0.255 e. The number of amides is 1. The monoisotopic (exact) mass is 310 g/mol. The van der Waals surface area contributed by atoms with Gasteiger partial charge in [0.1, 0.15) is 6.10 Å². The van der Waals surface area contributed by atoms with Gasteiger partial charge in [-0.05, 0) is 31.0 Å². The molecule has 21 heavy (non-hydrogen) atoms. The van der Waals surface area contributed by atoms with E-state index >= 15 is 0 Å².